The fourth-order valence-electron chi connectivity index (χ4n) is 2.63. The molecule has 0 saturated carbocycles. The number of aromatic nitrogens is 1. The minimum Gasteiger partial charge on any atom is -0.389 e. The molecule has 1 aliphatic rings. The largest absolute Gasteiger partial charge is 0.389 e. The van der Waals surface area contributed by atoms with Gasteiger partial charge in [0, 0.05) is 12.8 Å². The summed E-state index contributed by atoms with van der Waals surface area (Å²) >= 11 is 5.17. The molecule has 1 heterocycles. The number of rotatable bonds is 5. The van der Waals surface area contributed by atoms with Crippen LogP contribution in [0.1, 0.15) is 43.5 Å². The Morgan fingerprint density at radius 3 is 2.80 bits per heavy atom. The number of nitrogens with one attached hydrogen (secondary N) is 1. The van der Waals surface area contributed by atoms with Crippen molar-refractivity contribution in [3.63, 3.8) is 0 Å². The summed E-state index contributed by atoms with van der Waals surface area (Å²) in [6, 6.07) is 2.11. The van der Waals surface area contributed by atoms with E-state index >= 15 is 0 Å². The predicted octanol–water partition coefficient (Wildman–Crippen LogP) is 2.43. The maximum Gasteiger partial charge on any atom is 0.137 e. The molecule has 0 fully saturated rings. The SMILES string of the molecule is COCC(C)(C)Nc1nc2c(cc1C(N)=S)CCCC2. The van der Waals surface area contributed by atoms with E-state index in [-0.39, 0.29) is 5.54 Å². The van der Waals surface area contributed by atoms with Gasteiger partial charge in [0.2, 0.25) is 0 Å². The van der Waals surface area contributed by atoms with Crippen molar-refractivity contribution in [2.24, 2.45) is 5.73 Å². The average Bonchev–Trinajstić information content (AvgIpc) is 2.37. The van der Waals surface area contributed by atoms with E-state index in [1.165, 1.54) is 24.1 Å². The molecule has 3 N–H and O–H groups in total. The number of hydrogen-bond donors (Lipinski definition) is 2. The highest BCUT2D eigenvalue weighted by molar-refractivity contribution is 7.80. The Kier molecular flexibility index (Phi) is 4.60. The van der Waals surface area contributed by atoms with Crippen molar-refractivity contribution < 1.29 is 4.74 Å². The first-order chi connectivity index (χ1) is 9.43. The number of hydrogen-bond acceptors (Lipinski definition) is 4. The number of nitrogens with two attached hydrogens (primary N) is 1. The van der Waals surface area contributed by atoms with Crippen LogP contribution in [-0.4, -0.2) is 29.2 Å². The Labute approximate surface area is 126 Å². The third-order valence-electron chi connectivity index (χ3n) is 3.53. The molecule has 0 unspecified atom stereocenters. The first kappa shape index (κ1) is 15.2. The smallest absolute Gasteiger partial charge is 0.137 e. The summed E-state index contributed by atoms with van der Waals surface area (Å²) in [4.78, 5) is 5.16. The van der Waals surface area contributed by atoms with Crippen LogP contribution in [0.4, 0.5) is 5.82 Å². The van der Waals surface area contributed by atoms with Crippen LogP contribution in [-0.2, 0) is 17.6 Å². The number of aryl methyl sites for hydroxylation is 2. The lowest BCUT2D eigenvalue weighted by Gasteiger charge is -2.28. The maximum atomic E-state index is 5.86. The van der Waals surface area contributed by atoms with Crippen LogP contribution in [0.5, 0.6) is 0 Å². The zero-order valence-corrected chi connectivity index (χ0v) is 13.3. The lowest BCUT2D eigenvalue weighted by Crippen LogP contribution is -2.37. The highest BCUT2D eigenvalue weighted by Gasteiger charge is 2.22. The van der Waals surface area contributed by atoms with Gasteiger partial charge < -0.3 is 15.8 Å². The summed E-state index contributed by atoms with van der Waals surface area (Å²) in [6.45, 7) is 4.73. The first-order valence-corrected chi connectivity index (χ1v) is 7.43. The minimum atomic E-state index is -0.218. The fourth-order valence-corrected chi connectivity index (χ4v) is 2.79. The van der Waals surface area contributed by atoms with Crippen molar-refractivity contribution in [2.75, 3.05) is 19.0 Å². The molecule has 5 heteroatoms. The van der Waals surface area contributed by atoms with Crippen LogP contribution in [0, 0.1) is 0 Å². The molecule has 0 spiro atoms. The topological polar surface area (TPSA) is 60.2 Å². The van der Waals surface area contributed by atoms with Gasteiger partial charge in [-0.1, -0.05) is 12.2 Å². The molecule has 0 atom stereocenters. The average molecular weight is 293 g/mol. The van der Waals surface area contributed by atoms with Crippen molar-refractivity contribution in [1.82, 2.24) is 4.98 Å². The van der Waals surface area contributed by atoms with Crippen LogP contribution in [0.25, 0.3) is 0 Å². The molecule has 0 aromatic carbocycles. The third kappa shape index (κ3) is 3.46. The minimum absolute atomic E-state index is 0.218. The van der Waals surface area contributed by atoms with Crippen LogP contribution < -0.4 is 11.1 Å². The van der Waals surface area contributed by atoms with Crippen molar-refractivity contribution >= 4 is 23.0 Å². The number of ether oxygens (including phenoxy) is 1. The first-order valence-electron chi connectivity index (χ1n) is 7.02. The molecule has 1 aliphatic carbocycles. The van der Waals surface area contributed by atoms with Gasteiger partial charge in [0.15, 0.2) is 0 Å². The normalized spacial score (nSPS) is 14.8. The molecule has 1 aromatic rings. The number of fused-ring (bicyclic) bond motifs is 1. The van der Waals surface area contributed by atoms with E-state index in [1.54, 1.807) is 7.11 Å². The van der Waals surface area contributed by atoms with Gasteiger partial charge in [0.1, 0.15) is 10.8 Å². The highest BCUT2D eigenvalue weighted by atomic mass is 32.1. The Bertz CT molecular complexity index is 514. The molecule has 110 valence electrons. The second kappa shape index (κ2) is 6.06. The number of thiocarbonyl (C=S) groups is 1. The lowest BCUT2D eigenvalue weighted by molar-refractivity contribution is 0.158. The highest BCUT2D eigenvalue weighted by Crippen LogP contribution is 2.26. The molecule has 20 heavy (non-hydrogen) atoms. The fraction of sp³-hybridized carbons (Fsp3) is 0.600. The molecule has 0 saturated heterocycles. The molecule has 1 aromatic heterocycles. The van der Waals surface area contributed by atoms with Crippen LogP contribution >= 0.6 is 12.2 Å². The van der Waals surface area contributed by atoms with Crippen molar-refractivity contribution in [1.29, 1.82) is 0 Å². The molecule has 0 amide bonds. The van der Waals surface area contributed by atoms with Crippen LogP contribution in [0.2, 0.25) is 0 Å². The Morgan fingerprint density at radius 2 is 2.15 bits per heavy atom. The van der Waals surface area contributed by atoms with Gasteiger partial charge in [-0.25, -0.2) is 4.98 Å². The van der Waals surface area contributed by atoms with Gasteiger partial charge in [-0.3, -0.25) is 0 Å². The summed E-state index contributed by atoms with van der Waals surface area (Å²) in [6.07, 6.45) is 4.52. The number of methoxy groups -OCH3 is 1. The van der Waals surface area contributed by atoms with E-state index in [4.69, 9.17) is 27.7 Å². The van der Waals surface area contributed by atoms with E-state index in [9.17, 15) is 0 Å². The van der Waals surface area contributed by atoms with Crippen LogP contribution in [0.15, 0.2) is 6.07 Å². The van der Waals surface area contributed by atoms with Gasteiger partial charge >= 0.3 is 0 Å². The summed E-state index contributed by atoms with van der Waals surface area (Å²) in [5.41, 5.74) is 8.94. The van der Waals surface area contributed by atoms with Gasteiger partial charge in [-0.2, -0.15) is 0 Å². The maximum absolute atomic E-state index is 5.86. The zero-order chi connectivity index (χ0) is 14.8. The Hall–Kier alpha value is -1.20. The number of pyridine rings is 1. The quantitative estimate of drug-likeness (QED) is 0.817. The third-order valence-corrected chi connectivity index (χ3v) is 3.75. The molecular formula is C15H23N3OS. The summed E-state index contributed by atoms with van der Waals surface area (Å²) < 4.78 is 5.24. The standard InChI is InChI=1S/C15H23N3OS/c1-15(2,9-19-3)18-14-11(13(16)20)8-10-6-4-5-7-12(10)17-14/h8H,4-7,9H2,1-3H3,(H2,16,20)(H,17,18). The van der Waals surface area contributed by atoms with Gasteiger partial charge in [0.05, 0.1) is 17.7 Å². The Morgan fingerprint density at radius 1 is 1.45 bits per heavy atom. The molecule has 4 nitrogen and oxygen atoms in total. The van der Waals surface area contributed by atoms with Gasteiger partial charge in [-0.05, 0) is 51.2 Å². The second-order valence-electron chi connectivity index (χ2n) is 6.00. The van der Waals surface area contributed by atoms with Crippen molar-refractivity contribution in [2.45, 2.75) is 45.1 Å². The lowest BCUT2D eigenvalue weighted by atomic mass is 9.94. The van der Waals surface area contributed by atoms with Gasteiger partial charge in [-0.15, -0.1) is 0 Å². The molecule has 0 bridgehead atoms. The van der Waals surface area contributed by atoms with Crippen molar-refractivity contribution in [3.8, 4) is 0 Å². The molecule has 0 aliphatic heterocycles. The van der Waals surface area contributed by atoms with E-state index in [0.29, 0.717) is 11.6 Å². The van der Waals surface area contributed by atoms with E-state index in [0.717, 1.165) is 24.2 Å². The molecule has 2 rings (SSSR count). The van der Waals surface area contributed by atoms with E-state index < -0.39 is 0 Å². The summed E-state index contributed by atoms with van der Waals surface area (Å²) in [5, 5.41) is 3.42. The number of nitrogens with zero attached hydrogens (tertiary/aromatic N) is 1. The summed E-state index contributed by atoms with van der Waals surface area (Å²) in [5.74, 6) is 0.778. The van der Waals surface area contributed by atoms with Crippen molar-refractivity contribution in [3.05, 3.63) is 22.9 Å². The summed E-state index contributed by atoms with van der Waals surface area (Å²) in [7, 11) is 1.69. The second-order valence-corrected chi connectivity index (χ2v) is 6.44. The molecule has 0 radical (unpaired) electrons. The van der Waals surface area contributed by atoms with Crippen LogP contribution in [0.3, 0.4) is 0 Å². The van der Waals surface area contributed by atoms with E-state index in [2.05, 4.69) is 25.2 Å². The molecular weight excluding hydrogens is 270 g/mol. The zero-order valence-electron chi connectivity index (χ0n) is 12.5. The Balaban J connectivity index is 2.37. The van der Waals surface area contributed by atoms with Gasteiger partial charge in [0.25, 0.3) is 0 Å². The monoisotopic (exact) mass is 293 g/mol. The number of anilines is 1. The van der Waals surface area contributed by atoms with E-state index in [1.807, 2.05) is 0 Å². The predicted molar refractivity (Wildman–Crippen MR) is 86.3 cm³/mol.